The summed E-state index contributed by atoms with van der Waals surface area (Å²) in [4.78, 5) is 23.0. The van der Waals surface area contributed by atoms with Crippen LogP contribution in [-0.4, -0.2) is 22.4 Å². The van der Waals surface area contributed by atoms with Gasteiger partial charge in [0, 0.05) is 6.42 Å². The van der Waals surface area contributed by atoms with Gasteiger partial charge in [-0.1, -0.05) is 60.3 Å². The van der Waals surface area contributed by atoms with Gasteiger partial charge >= 0.3 is 5.97 Å². The molecular formula is C18H18O3S. The van der Waals surface area contributed by atoms with E-state index in [1.165, 1.54) is 11.8 Å². The van der Waals surface area contributed by atoms with Crippen LogP contribution in [0.3, 0.4) is 0 Å². The maximum absolute atomic E-state index is 11.8. The van der Waals surface area contributed by atoms with Gasteiger partial charge in [-0.2, -0.15) is 0 Å². The van der Waals surface area contributed by atoms with Crippen LogP contribution in [0.15, 0.2) is 48.5 Å². The number of benzene rings is 2. The number of carboxylic acids is 1. The molecule has 1 atom stereocenters. The maximum atomic E-state index is 11.8. The van der Waals surface area contributed by atoms with E-state index in [1.54, 1.807) is 13.2 Å². The molecule has 1 N–H and O–H groups in total. The molecule has 2 rings (SSSR count). The molecule has 0 spiro atoms. The minimum Gasteiger partial charge on any atom is -0.481 e. The minimum atomic E-state index is -0.866. The van der Waals surface area contributed by atoms with Crippen molar-refractivity contribution in [2.75, 3.05) is 6.26 Å². The third-order valence-electron chi connectivity index (χ3n) is 3.65. The van der Waals surface area contributed by atoms with Crippen molar-refractivity contribution in [2.24, 2.45) is 0 Å². The summed E-state index contributed by atoms with van der Waals surface area (Å²) in [7, 11) is 0. The van der Waals surface area contributed by atoms with Crippen molar-refractivity contribution in [1.29, 1.82) is 0 Å². The van der Waals surface area contributed by atoms with E-state index in [-0.39, 0.29) is 5.12 Å². The molecule has 0 heterocycles. The van der Waals surface area contributed by atoms with Crippen molar-refractivity contribution in [3.8, 4) is 11.1 Å². The molecular weight excluding hydrogens is 296 g/mol. The van der Waals surface area contributed by atoms with Gasteiger partial charge in [0.25, 0.3) is 0 Å². The second kappa shape index (κ2) is 7.27. The molecule has 4 heteroatoms. The molecule has 0 aliphatic carbocycles. The van der Waals surface area contributed by atoms with Gasteiger partial charge in [-0.05, 0) is 35.4 Å². The van der Waals surface area contributed by atoms with Gasteiger partial charge < -0.3 is 5.11 Å². The topological polar surface area (TPSA) is 54.4 Å². The van der Waals surface area contributed by atoms with Crippen LogP contribution in [0.4, 0.5) is 0 Å². The summed E-state index contributed by atoms with van der Waals surface area (Å²) in [5, 5.41) is 9.24. The molecule has 0 fully saturated rings. The largest absolute Gasteiger partial charge is 0.481 e. The van der Waals surface area contributed by atoms with Crippen LogP contribution in [0.25, 0.3) is 11.1 Å². The molecule has 1 unspecified atom stereocenters. The highest BCUT2D eigenvalue weighted by atomic mass is 32.2. The maximum Gasteiger partial charge on any atom is 0.310 e. The summed E-state index contributed by atoms with van der Waals surface area (Å²) in [5.74, 6) is -1.46. The molecule has 0 saturated carbocycles. The van der Waals surface area contributed by atoms with E-state index in [9.17, 15) is 9.59 Å². The summed E-state index contributed by atoms with van der Waals surface area (Å²) in [6.07, 6.45) is 2.06. The van der Waals surface area contributed by atoms with Crippen molar-refractivity contribution in [1.82, 2.24) is 0 Å². The monoisotopic (exact) mass is 314 g/mol. The summed E-state index contributed by atoms with van der Waals surface area (Å²) >= 11 is 1.19. The quantitative estimate of drug-likeness (QED) is 0.907. The van der Waals surface area contributed by atoms with Crippen LogP contribution in [0.1, 0.15) is 24.0 Å². The number of carbonyl (C=O) groups is 2. The number of thioether (sulfide) groups is 1. The standard InChI is InChI=1S/C18H18O3S/c1-12(18(20)21)14-8-9-16(13-6-4-3-5-7-13)15(10-14)11-17(19)22-2/h3-10,12H,11H2,1-2H3,(H,20,21). The molecule has 0 aliphatic rings. The van der Waals surface area contributed by atoms with E-state index in [0.29, 0.717) is 6.42 Å². The third kappa shape index (κ3) is 3.77. The number of rotatable bonds is 5. The molecule has 2 aromatic rings. The highest BCUT2D eigenvalue weighted by Gasteiger charge is 2.17. The number of hydrogen-bond acceptors (Lipinski definition) is 3. The van der Waals surface area contributed by atoms with Crippen molar-refractivity contribution >= 4 is 22.8 Å². The molecule has 3 nitrogen and oxygen atoms in total. The lowest BCUT2D eigenvalue weighted by atomic mass is 9.92. The first-order valence-corrected chi connectivity index (χ1v) is 8.23. The molecule has 0 aromatic heterocycles. The van der Waals surface area contributed by atoms with Gasteiger partial charge in [-0.25, -0.2) is 0 Å². The second-order valence-electron chi connectivity index (χ2n) is 5.10. The lowest BCUT2D eigenvalue weighted by Crippen LogP contribution is -2.09. The molecule has 0 bridgehead atoms. The highest BCUT2D eigenvalue weighted by Crippen LogP contribution is 2.28. The summed E-state index contributed by atoms with van der Waals surface area (Å²) < 4.78 is 0. The Hall–Kier alpha value is -2.07. The van der Waals surface area contributed by atoms with Gasteiger partial charge in [0.15, 0.2) is 5.12 Å². The molecule has 0 radical (unpaired) electrons. The Morgan fingerprint density at radius 2 is 1.82 bits per heavy atom. The van der Waals surface area contributed by atoms with Crippen molar-refractivity contribution in [3.63, 3.8) is 0 Å². The smallest absolute Gasteiger partial charge is 0.310 e. The summed E-state index contributed by atoms with van der Waals surface area (Å²) in [5.41, 5.74) is 3.59. The molecule has 0 aliphatic heterocycles. The minimum absolute atomic E-state index is 0.0670. The van der Waals surface area contributed by atoms with Crippen molar-refractivity contribution < 1.29 is 14.7 Å². The van der Waals surface area contributed by atoms with Crippen molar-refractivity contribution in [2.45, 2.75) is 19.3 Å². The van der Waals surface area contributed by atoms with E-state index in [2.05, 4.69) is 0 Å². The van der Waals surface area contributed by atoms with E-state index in [4.69, 9.17) is 5.11 Å². The van der Waals surface area contributed by atoms with Crippen LogP contribution >= 0.6 is 11.8 Å². The van der Waals surface area contributed by atoms with E-state index >= 15 is 0 Å². The molecule has 114 valence electrons. The summed E-state index contributed by atoms with van der Waals surface area (Å²) in [6.45, 7) is 1.65. The van der Waals surface area contributed by atoms with Gasteiger partial charge in [0.1, 0.15) is 0 Å². The lowest BCUT2D eigenvalue weighted by molar-refractivity contribution is -0.138. The molecule has 0 saturated heterocycles. The van der Waals surface area contributed by atoms with E-state index in [1.807, 2.05) is 48.5 Å². The Kier molecular flexibility index (Phi) is 5.39. The van der Waals surface area contributed by atoms with Gasteiger partial charge in [-0.3, -0.25) is 9.59 Å². The fraction of sp³-hybridized carbons (Fsp3) is 0.222. The van der Waals surface area contributed by atoms with Crippen LogP contribution in [-0.2, 0) is 16.0 Å². The third-order valence-corrected chi connectivity index (χ3v) is 4.25. The predicted molar refractivity (Wildman–Crippen MR) is 90.2 cm³/mol. The van der Waals surface area contributed by atoms with Crippen LogP contribution in [0.5, 0.6) is 0 Å². The molecule has 0 amide bonds. The van der Waals surface area contributed by atoms with Gasteiger partial charge in [0.2, 0.25) is 0 Å². The summed E-state index contributed by atoms with van der Waals surface area (Å²) in [6, 6.07) is 15.4. The van der Waals surface area contributed by atoms with Crippen LogP contribution in [0, 0.1) is 0 Å². The van der Waals surface area contributed by atoms with Crippen LogP contribution in [0.2, 0.25) is 0 Å². The molecule has 2 aromatic carbocycles. The Bertz CT molecular complexity index is 680. The Labute approximate surface area is 134 Å². The number of hydrogen-bond donors (Lipinski definition) is 1. The average Bonchev–Trinajstić information content (AvgIpc) is 2.54. The number of carboxylic acid groups (broad SMARTS) is 1. The zero-order chi connectivity index (χ0) is 16.1. The Morgan fingerprint density at radius 3 is 2.41 bits per heavy atom. The fourth-order valence-corrected chi connectivity index (χ4v) is 2.60. The predicted octanol–water partition coefficient (Wildman–Crippen LogP) is 3.97. The SMILES string of the molecule is CSC(=O)Cc1cc(C(C)C(=O)O)ccc1-c1ccccc1. The normalized spacial score (nSPS) is 11.9. The number of carbonyl (C=O) groups excluding carboxylic acids is 1. The first-order valence-electron chi connectivity index (χ1n) is 7.00. The first-order chi connectivity index (χ1) is 10.5. The molecule has 22 heavy (non-hydrogen) atoms. The van der Waals surface area contributed by atoms with Gasteiger partial charge in [0.05, 0.1) is 5.92 Å². The Balaban J connectivity index is 2.49. The lowest BCUT2D eigenvalue weighted by Gasteiger charge is -2.13. The fourth-order valence-electron chi connectivity index (χ4n) is 2.30. The van der Waals surface area contributed by atoms with E-state index < -0.39 is 11.9 Å². The van der Waals surface area contributed by atoms with Gasteiger partial charge in [-0.15, -0.1) is 0 Å². The highest BCUT2D eigenvalue weighted by molar-refractivity contribution is 8.13. The zero-order valence-corrected chi connectivity index (χ0v) is 13.4. The number of aliphatic carboxylic acids is 1. The zero-order valence-electron chi connectivity index (χ0n) is 12.6. The van der Waals surface area contributed by atoms with Crippen LogP contribution < -0.4 is 0 Å². The second-order valence-corrected chi connectivity index (χ2v) is 5.96. The van der Waals surface area contributed by atoms with E-state index in [0.717, 1.165) is 22.3 Å². The van der Waals surface area contributed by atoms with Crippen molar-refractivity contribution in [3.05, 3.63) is 59.7 Å². The average molecular weight is 314 g/mol. The first kappa shape index (κ1) is 16.3. The Morgan fingerprint density at radius 1 is 1.14 bits per heavy atom.